The molecule has 0 aromatic carbocycles. The number of aliphatic hydroxyl groups is 2. The zero-order valence-corrected chi connectivity index (χ0v) is 16.9. The lowest BCUT2D eigenvalue weighted by molar-refractivity contribution is -0.147. The molecule has 4 heteroatoms. The van der Waals surface area contributed by atoms with Crippen molar-refractivity contribution in [3.63, 3.8) is 0 Å². The molecule has 0 spiro atoms. The summed E-state index contributed by atoms with van der Waals surface area (Å²) in [5.41, 5.74) is -1.14. The molecule has 0 aliphatic carbocycles. The van der Waals surface area contributed by atoms with Gasteiger partial charge in [-0.2, -0.15) is 0 Å². The zero-order valence-electron chi connectivity index (χ0n) is 16.9. The van der Waals surface area contributed by atoms with Crippen molar-refractivity contribution in [2.75, 3.05) is 0 Å². The number of carbonyl (C=O) groups is 2. The van der Waals surface area contributed by atoms with Crippen LogP contribution < -0.4 is 0 Å². The fourth-order valence-electron chi connectivity index (χ4n) is 3.06. The van der Waals surface area contributed by atoms with Crippen LogP contribution in [-0.4, -0.2) is 34.0 Å². The minimum Gasteiger partial charge on any atom is -0.385 e. The van der Waals surface area contributed by atoms with Crippen LogP contribution in [0.4, 0.5) is 0 Å². The number of ketones is 2. The van der Waals surface area contributed by atoms with Gasteiger partial charge < -0.3 is 10.2 Å². The van der Waals surface area contributed by atoms with Crippen molar-refractivity contribution in [1.82, 2.24) is 0 Å². The first-order valence-electron chi connectivity index (χ1n) is 10.2. The molecule has 0 amide bonds. The van der Waals surface area contributed by atoms with Crippen LogP contribution >= 0.6 is 0 Å². The van der Waals surface area contributed by atoms with Crippen molar-refractivity contribution in [2.45, 2.75) is 117 Å². The summed E-state index contributed by atoms with van der Waals surface area (Å²) in [7, 11) is 0. The van der Waals surface area contributed by atoms with Gasteiger partial charge in [-0.25, -0.2) is 0 Å². The van der Waals surface area contributed by atoms with E-state index in [0.29, 0.717) is 12.8 Å². The monoisotopic (exact) mass is 356 g/mol. The maximum absolute atomic E-state index is 12.2. The molecule has 0 aliphatic heterocycles. The highest BCUT2D eigenvalue weighted by molar-refractivity contribution is 5.87. The second kappa shape index (κ2) is 13.5. The van der Waals surface area contributed by atoms with E-state index in [0.717, 1.165) is 64.2 Å². The van der Waals surface area contributed by atoms with Crippen molar-refractivity contribution in [3.8, 4) is 0 Å². The smallest absolute Gasteiger partial charge is 0.161 e. The van der Waals surface area contributed by atoms with Gasteiger partial charge in [0.15, 0.2) is 11.6 Å². The maximum Gasteiger partial charge on any atom is 0.161 e. The van der Waals surface area contributed by atoms with Gasteiger partial charge in [0.1, 0.15) is 12.2 Å². The molecule has 0 saturated heterocycles. The topological polar surface area (TPSA) is 74.6 Å². The standard InChI is InChI=1S/C21H40O4/c1-5-7-9-11-13-15-17(22)19(24)21(3,4)20(25)18(23)16-14-12-10-8-6-2/h19-20,24-25H,5-16H2,1-4H3. The molecule has 0 radical (unpaired) electrons. The van der Waals surface area contributed by atoms with E-state index in [9.17, 15) is 19.8 Å². The first-order chi connectivity index (χ1) is 11.8. The molecule has 2 N–H and O–H groups in total. The van der Waals surface area contributed by atoms with Gasteiger partial charge in [-0.05, 0) is 12.8 Å². The van der Waals surface area contributed by atoms with Crippen LogP contribution in [0, 0.1) is 5.41 Å². The molecule has 0 aliphatic rings. The summed E-state index contributed by atoms with van der Waals surface area (Å²) < 4.78 is 0. The molecule has 2 unspecified atom stereocenters. The van der Waals surface area contributed by atoms with E-state index in [4.69, 9.17) is 0 Å². The minimum absolute atomic E-state index is 0.267. The summed E-state index contributed by atoms with van der Waals surface area (Å²) in [5, 5.41) is 20.7. The van der Waals surface area contributed by atoms with Gasteiger partial charge in [0.2, 0.25) is 0 Å². The predicted molar refractivity (Wildman–Crippen MR) is 103 cm³/mol. The molecule has 0 bridgehead atoms. The van der Waals surface area contributed by atoms with E-state index in [2.05, 4.69) is 13.8 Å². The van der Waals surface area contributed by atoms with Crippen LogP contribution in [0.15, 0.2) is 0 Å². The van der Waals surface area contributed by atoms with Crippen molar-refractivity contribution in [3.05, 3.63) is 0 Å². The first kappa shape index (κ1) is 24.3. The maximum atomic E-state index is 12.2. The van der Waals surface area contributed by atoms with Crippen LogP contribution in [-0.2, 0) is 9.59 Å². The van der Waals surface area contributed by atoms with E-state index < -0.39 is 17.6 Å². The van der Waals surface area contributed by atoms with Crippen LogP contribution in [0.3, 0.4) is 0 Å². The lowest BCUT2D eigenvalue weighted by Gasteiger charge is -2.33. The van der Waals surface area contributed by atoms with Crippen molar-refractivity contribution in [1.29, 1.82) is 0 Å². The number of hydrogen-bond donors (Lipinski definition) is 2. The second-order valence-electron chi connectivity index (χ2n) is 7.89. The van der Waals surface area contributed by atoms with Crippen LogP contribution in [0.1, 0.15) is 105 Å². The number of hydrogen-bond acceptors (Lipinski definition) is 4. The summed E-state index contributed by atoms with van der Waals surface area (Å²) in [4.78, 5) is 24.4. The van der Waals surface area contributed by atoms with E-state index in [1.807, 2.05) is 0 Å². The molecule has 0 rings (SSSR count). The Kier molecular flexibility index (Phi) is 13.1. The molecule has 0 fully saturated rings. The largest absolute Gasteiger partial charge is 0.385 e. The third-order valence-electron chi connectivity index (χ3n) is 5.07. The molecular formula is C21H40O4. The Morgan fingerprint density at radius 3 is 1.32 bits per heavy atom. The number of aliphatic hydroxyl groups excluding tert-OH is 2. The van der Waals surface area contributed by atoms with Gasteiger partial charge in [0.05, 0.1) is 0 Å². The molecule has 0 saturated carbocycles. The summed E-state index contributed by atoms with van der Waals surface area (Å²) in [6.07, 6.45) is 8.33. The fourth-order valence-corrected chi connectivity index (χ4v) is 3.06. The molecule has 0 aromatic rings. The van der Waals surface area contributed by atoms with E-state index in [1.54, 1.807) is 13.8 Å². The van der Waals surface area contributed by atoms with Crippen LogP contribution in [0.2, 0.25) is 0 Å². The van der Waals surface area contributed by atoms with Crippen LogP contribution in [0.5, 0.6) is 0 Å². The van der Waals surface area contributed by atoms with Gasteiger partial charge in [-0.3, -0.25) is 9.59 Å². The molecule has 0 heterocycles. The Morgan fingerprint density at radius 2 is 1.00 bits per heavy atom. The van der Waals surface area contributed by atoms with Crippen LogP contribution in [0.25, 0.3) is 0 Å². The summed E-state index contributed by atoms with van der Waals surface area (Å²) in [6, 6.07) is 0. The molecule has 148 valence electrons. The molecule has 0 aromatic heterocycles. The Morgan fingerprint density at radius 1 is 0.680 bits per heavy atom. The number of unbranched alkanes of at least 4 members (excludes halogenated alkanes) is 8. The summed E-state index contributed by atoms with van der Waals surface area (Å²) in [5.74, 6) is -0.535. The predicted octanol–water partition coefficient (Wildman–Crippen LogP) is 4.59. The SMILES string of the molecule is CCCCCCCC(=O)C(O)C(C)(C)C(O)C(=O)CCCCCCC. The average Bonchev–Trinajstić information content (AvgIpc) is 2.59. The van der Waals surface area contributed by atoms with Gasteiger partial charge in [0.25, 0.3) is 0 Å². The highest BCUT2D eigenvalue weighted by Crippen LogP contribution is 2.29. The highest BCUT2D eigenvalue weighted by atomic mass is 16.3. The van der Waals surface area contributed by atoms with Gasteiger partial charge >= 0.3 is 0 Å². The number of carbonyl (C=O) groups excluding carboxylic acids is 2. The summed E-state index contributed by atoms with van der Waals surface area (Å²) >= 11 is 0. The molecular weight excluding hydrogens is 316 g/mol. The van der Waals surface area contributed by atoms with Gasteiger partial charge in [-0.15, -0.1) is 0 Å². The molecule has 25 heavy (non-hydrogen) atoms. The second-order valence-corrected chi connectivity index (χ2v) is 7.89. The average molecular weight is 357 g/mol. The third kappa shape index (κ3) is 9.50. The van der Waals surface area contributed by atoms with Crippen molar-refractivity contribution < 1.29 is 19.8 Å². The normalized spacial score (nSPS) is 14.3. The highest BCUT2D eigenvalue weighted by Gasteiger charge is 2.42. The Balaban J connectivity index is 4.34. The first-order valence-corrected chi connectivity index (χ1v) is 10.2. The molecule has 4 nitrogen and oxygen atoms in total. The van der Waals surface area contributed by atoms with Crippen molar-refractivity contribution >= 4 is 11.6 Å². The summed E-state index contributed by atoms with van der Waals surface area (Å²) in [6.45, 7) is 7.48. The van der Waals surface area contributed by atoms with E-state index in [1.165, 1.54) is 0 Å². The Bertz CT molecular complexity index is 342. The zero-order chi connectivity index (χ0) is 19.3. The number of Topliss-reactive ketones (excluding diaryl/α,β-unsaturated/α-hetero) is 2. The quantitative estimate of drug-likeness (QED) is 0.397. The fraction of sp³-hybridized carbons (Fsp3) is 0.905. The van der Waals surface area contributed by atoms with E-state index >= 15 is 0 Å². The van der Waals surface area contributed by atoms with Gasteiger partial charge in [-0.1, -0.05) is 79.1 Å². The van der Waals surface area contributed by atoms with E-state index in [-0.39, 0.29) is 11.6 Å². The third-order valence-corrected chi connectivity index (χ3v) is 5.07. The van der Waals surface area contributed by atoms with Crippen molar-refractivity contribution in [2.24, 2.45) is 5.41 Å². The Hall–Kier alpha value is -0.740. The Labute approximate surface area is 154 Å². The van der Waals surface area contributed by atoms with Gasteiger partial charge in [0, 0.05) is 18.3 Å². The minimum atomic E-state index is -1.29. The number of rotatable bonds is 16. The molecule has 2 atom stereocenters. The lowest BCUT2D eigenvalue weighted by atomic mass is 9.76. The lowest BCUT2D eigenvalue weighted by Crippen LogP contribution is -2.48.